The van der Waals surface area contributed by atoms with Crippen LogP contribution in [-0.2, 0) is 11.3 Å². The second-order valence-electron chi connectivity index (χ2n) is 4.63. The molecule has 0 atom stereocenters. The summed E-state index contributed by atoms with van der Waals surface area (Å²) >= 11 is 1.44. The van der Waals surface area contributed by atoms with E-state index in [1.54, 1.807) is 12.4 Å². The summed E-state index contributed by atoms with van der Waals surface area (Å²) in [6.45, 7) is 0.265. The molecule has 0 aliphatic carbocycles. The molecule has 6 nitrogen and oxygen atoms in total. The lowest BCUT2D eigenvalue weighted by Gasteiger charge is -2.06. The molecule has 2 aromatic heterocycles. The number of aromatic nitrogens is 4. The molecule has 1 amide bonds. The van der Waals surface area contributed by atoms with Crippen molar-refractivity contribution in [1.29, 1.82) is 0 Å². The lowest BCUT2D eigenvalue weighted by Crippen LogP contribution is -2.15. The molecule has 0 unspecified atom stereocenters. The summed E-state index contributed by atoms with van der Waals surface area (Å²) in [6, 6.07) is 2.88. The van der Waals surface area contributed by atoms with E-state index in [4.69, 9.17) is 0 Å². The van der Waals surface area contributed by atoms with Crippen molar-refractivity contribution in [3.05, 3.63) is 47.6 Å². The number of anilines is 1. The van der Waals surface area contributed by atoms with Crippen molar-refractivity contribution < 1.29 is 13.6 Å². The summed E-state index contributed by atoms with van der Waals surface area (Å²) in [7, 11) is 0. The van der Waals surface area contributed by atoms with Gasteiger partial charge in [-0.3, -0.25) is 9.48 Å². The van der Waals surface area contributed by atoms with Crippen molar-refractivity contribution in [3.8, 4) is 10.7 Å². The molecule has 0 saturated carbocycles. The maximum Gasteiger partial charge on any atom is 0.226 e. The number of benzene rings is 1. The van der Waals surface area contributed by atoms with Crippen LogP contribution in [0.2, 0.25) is 0 Å². The standard InChI is InChI=1S/C14H11F2N5OS/c15-9-1-2-10(16)11(7-9)18-13(22)3-5-21-8-12(19-20-21)14-17-4-6-23-14/h1-2,4,6-8H,3,5H2,(H,18,22). The van der Waals surface area contributed by atoms with Crippen LogP contribution in [0.4, 0.5) is 14.5 Å². The number of nitrogens with one attached hydrogen (secondary N) is 1. The summed E-state index contributed by atoms with van der Waals surface area (Å²) in [5, 5.41) is 12.8. The van der Waals surface area contributed by atoms with Crippen LogP contribution in [0.15, 0.2) is 36.0 Å². The van der Waals surface area contributed by atoms with Gasteiger partial charge in [0.2, 0.25) is 5.91 Å². The Bertz CT molecular complexity index is 818. The van der Waals surface area contributed by atoms with Crippen molar-refractivity contribution in [2.75, 3.05) is 5.32 Å². The van der Waals surface area contributed by atoms with Crippen LogP contribution in [0.3, 0.4) is 0 Å². The Morgan fingerprint density at radius 3 is 3.00 bits per heavy atom. The largest absolute Gasteiger partial charge is 0.323 e. The third-order valence-corrected chi connectivity index (χ3v) is 3.76. The summed E-state index contributed by atoms with van der Waals surface area (Å²) in [6.07, 6.45) is 3.39. The minimum Gasteiger partial charge on any atom is -0.323 e. The van der Waals surface area contributed by atoms with Crippen LogP contribution in [0.5, 0.6) is 0 Å². The molecular formula is C14H11F2N5OS. The second-order valence-corrected chi connectivity index (χ2v) is 5.52. The smallest absolute Gasteiger partial charge is 0.226 e. The van der Waals surface area contributed by atoms with E-state index in [-0.39, 0.29) is 18.7 Å². The highest BCUT2D eigenvalue weighted by Crippen LogP contribution is 2.18. The number of thiazole rings is 1. The Hall–Kier alpha value is -2.68. The van der Waals surface area contributed by atoms with Crippen molar-refractivity contribution in [1.82, 2.24) is 20.0 Å². The summed E-state index contributed by atoms with van der Waals surface area (Å²) in [5.41, 5.74) is 0.439. The number of carbonyl (C=O) groups excluding carboxylic acids is 1. The fourth-order valence-corrected chi connectivity index (χ4v) is 2.46. The average Bonchev–Trinajstić information content (AvgIpc) is 3.19. The maximum absolute atomic E-state index is 13.4. The number of hydrogen-bond donors (Lipinski definition) is 1. The van der Waals surface area contributed by atoms with Gasteiger partial charge in [0.1, 0.15) is 22.3 Å². The molecule has 0 aliphatic rings. The zero-order chi connectivity index (χ0) is 16.2. The number of aryl methyl sites for hydroxylation is 1. The molecule has 1 N–H and O–H groups in total. The lowest BCUT2D eigenvalue weighted by molar-refractivity contribution is -0.116. The Kier molecular flexibility index (Phi) is 4.38. The first-order valence-electron chi connectivity index (χ1n) is 6.67. The van der Waals surface area contributed by atoms with E-state index in [1.165, 1.54) is 16.0 Å². The van der Waals surface area contributed by atoms with Crippen molar-refractivity contribution in [3.63, 3.8) is 0 Å². The second kappa shape index (κ2) is 6.61. The van der Waals surface area contributed by atoms with Crippen LogP contribution >= 0.6 is 11.3 Å². The Balaban J connectivity index is 1.58. The zero-order valence-electron chi connectivity index (χ0n) is 11.7. The molecule has 0 aliphatic heterocycles. The van der Waals surface area contributed by atoms with Crippen LogP contribution in [0.25, 0.3) is 10.7 Å². The molecule has 0 bridgehead atoms. The summed E-state index contributed by atoms with van der Waals surface area (Å²) < 4.78 is 28.0. The predicted molar refractivity (Wildman–Crippen MR) is 80.7 cm³/mol. The number of hydrogen-bond acceptors (Lipinski definition) is 5. The van der Waals surface area contributed by atoms with Gasteiger partial charge in [0.05, 0.1) is 18.4 Å². The first kappa shape index (κ1) is 15.2. The van der Waals surface area contributed by atoms with Gasteiger partial charge in [-0.15, -0.1) is 16.4 Å². The highest BCUT2D eigenvalue weighted by atomic mass is 32.1. The molecule has 2 heterocycles. The van der Waals surface area contributed by atoms with Gasteiger partial charge in [-0.2, -0.15) is 0 Å². The van der Waals surface area contributed by atoms with Crippen LogP contribution in [0, 0.1) is 11.6 Å². The van der Waals surface area contributed by atoms with Gasteiger partial charge >= 0.3 is 0 Å². The van der Waals surface area contributed by atoms with Crippen molar-refractivity contribution in [2.45, 2.75) is 13.0 Å². The van der Waals surface area contributed by atoms with Crippen molar-refractivity contribution >= 4 is 22.9 Å². The average molecular weight is 335 g/mol. The van der Waals surface area contributed by atoms with Gasteiger partial charge in [0, 0.05) is 24.1 Å². The van der Waals surface area contributed by atoms with Gasteiger partial charge in [0.15, 0.2) is 0 Å². The van der Waals surface area contributed by atoms with Crippen LogP contribution in [0.1, 0.15) is 6.42 Å². The highest BCUT2D eigenvalue weighted by Gasteiger charge is 2.10. The number of halogens is 2. The van der Waals surface area contributed by atoms with Gasteiger partial charge in [-0.25, -0.2) is 13.8 Å². The fraction of sp³-hybridized carbons (Fsp3) is 0.143. The van der Waals surface area contributed by atoms with Crippen LogP contribution < -0.4 is 5.32 Å². The van der Waals surface area contributed by atoms with E-state index in [9.17, 15) is 13.6 Å². The van der Waals surface area contributed by atoms with E-state index in [1.807, 2.05) is 5.38 Å². The molecular weight excluding hydrogens is 324 g/mol. The van der Waals surface area contributed by atoms with E-state index in [2.05, 4.69) is 20.6 Å². The number of amides is 1. The van der Waals surface area contributed by atoms with Gasteiger partial charge < -0.3 is 5.32 Å². The normalized spacial score (nSPS) is 10.7. The van der Waals surface area contributed by atoms with E-state index in [0.29, 0.717) is 5.69 Å². The third kappa shape index (κ3) is 3.75. The summed E-state index contributed by atoms with van der Waals surface area (Å²) in [5.74, 6) is -1.75. The topological polar surface area (TPSA) is 72.7 Å². The van der Waals surface area contributed by atoms with Crippen molar-refractivity contribution in [2.24, 2.45) is 0 Å². The Labute approximate surface area is 133 Å². The van der Waals surface area contributed by atoms with Crippen LogP contribution in [-0.4, -0.2) is 25.9 Å². The molecule has 0 fully saturated rings. The molecule has 3 aromatic rings. The Morgan fingerprint density at radius 2 is 2.22 bits per heavy atom. The van der Waals surface area contributed by atoms with E-state index >= 15 is 0 Å². The summed E-state index contributed by atoms with van der Waals surface area (Å²) in [4.78, 5) is 15.9. The SMILES string of the molecule is O=C(CCn1cc(-c2nccs2)nn1)Nc1cc(F)ccc1F. The zero-order valence-corrected chi connectivity index (χ0v) is 12.6. The minimum atomic E-state index is -0.688. The number of nitrogens with zero attached hydrogens (tertiary/aromatic N) is 4. The predicted octanol–water partition coefficient (Wildman–Crippen LogP) is 2.71. The molecule has 118 valence electrons. The molecule has 23 heavy (non-hydrogen) atoms. The van der Waals surface area contributed by atoms with Gasteiger partial charge in [-0.05, 0) is 12.1 Å². The first-order chi connectivity index (χ1) is 11.1. The molecule has 0 saturated heterocycles. The fourth-order valence-electron chi connectivity index (χ4n) is 1.88. The third-order valence-electron chi connectivity index (χ3n) is 2.96. The molecule has 1 aromatic carbocycles. The van der Waals surface area contributed by atoms with E-state index < -0.39 is 17.5 Å². The molecule has 9 heteroatoms. The Morgan fingerprint density at radius 1 is 1.35 bits per heavy atom. The molecule has 3 rings (SSSR count). The van der Waals surface area contributed by atoms with Gasteiger partial charge in [0.25, 0.3) is 0 Å². The first-order valence-corrected chi connectivity index (χ1v) is 7.55. The minimum absolute atomic E-state index is 0.0522. The highest BCUT2D eigenvalue weighted by molar-refractivity contribution is 7.13. The monoisotopic (exact) mass is 335 g/mol. The number of rotatable bonds is 5. The lowest BCUT2D eigenvalue weighted by atomic mass is 10.3. The number of carbonyl (C=O) groups is 1. The maximum atomic E-state index is 13.4. The van der Waals surface area contributed by atoms with Gasteiger partial charge in [-0.1, -0.05) is 5.21 Å². The molecule has 0 spiro atoms. The van der Waals surface area contributed by atoms with E-state index in [0.717, 1.165) is 23.2 Å². The quantitative estimate of drug-likeness (QED) is 0.778. The molecule has 0 radical (unpaired) electrons.